The smallest absolute Gasteiger partial charge is 0.253 e. The van der Waals surface area contributed by atoms with Gasteiger partial charge in [0.1, 0.15) is 5.69 Å². The number of pyridine rings is 1. The van der Waals surface area contributed by atoms with Gasteiger partial charge >= 0.3 is 0 Å². The average Bonchev–Trinajstić information content (AvgIpc) is 2.39. The Morgan fingerprint density at radius 3 is 2.20 bits per heavy atom. The third-order valence-corrected chi connectivity index (χ3v) is 3.86. The largest absolute Gasteiger partial charge is 0.378 e. The lowest BCUT2D eigenvalue weighted by Crippen LogP contribution is -2.58. The Kier molecular flexibility index (Phi) is 3.90. The molecule has 2 unspecified atom stereocenters. The average molecular weight is 292 g/mol. The van der Waals surface area contributed by atoms with Gasteiger partial charge < -0.3 is 10.1 Å². The van der Waals surface area contributed by atoms with Crippen LogP contribution in [0.15, 0.2) is 0 Å². The van der Waals surface area contributed by atoms with E-state index in [0.717, 1.165) is 0 Å². The highest BCUT2D eigenvalue weighted by Crippen LogP contribution is 2.44. The molecule has 0 spiro atoms. The van der Waals surface area contributed by atoms with Crippen LogP contribution in [-0.4, -0.2) is 23.7 Å². The van der Waals surface area contributed by atoms with Crippen molar-refractivity contribution in [2.24, 2.45) is 5.41 Å². The molecule has 20 heavy (non-hydrogen) atoms. The Hall–Kier alpha value is -1.37. The maximum absolute atomic E-state index is 13.5. The molecular weight excluding hydrogens is 276 g/mol. The van der Waals surface area contributed by atoms with E-state index in [1.54, 1.807) is 0 Å². The Labute approximate surface area is 114 Å². The number of nitrogens with zero attached hydrogens (tertiary/aromatic N) is 1. The maximum Gasteiger partial charge on any atom is 0.253 e. The lowest BCUT2D eigenvalue weighted by molar-refractivity contribution is -0.0977. The van der Waals surface area contributed by atoms with Gasteiger partial charge in [0.15, 0.2) is 0 Å². The molecule has 3 nitrogen and oxygen atoms in total. The van der Waals surface area contributed by atoms with Crippen LogP contribution in [0.5, 0.6) is 0 Å². The van der Waals surface area contributed by atoms with Gasteiger partial charge in [0.2, 0.25) is 11.6 Å². The quantitative estimate of drug-likeness (QED) is 0.683. The number of ether oxygens (including phenoxy) is 1. The standard InChI is InChI=1S/C13H16F4N2O/c1-4-20-7-5-6(13(7,2)3)18-10-8(14)11(16)19-12(17)9(10)15/h6-7H,4-5H2,1-3H3,(H,18,19). The SMILES string of the molecule is CCOC1CC(Nc2c(F)c(F)nc(F)c2F)C1(C)C. The zero-order valence-electron chi connectivity index (χ0n) is 11.4. The normalized spacial score (nSPS) is 24.4. The summed E-state index contributed by atoms with van der Waals surface area (Å²) in [7, 11) is 0. The first-order valence-corrected chi connectivity index (χ1v) is 6.37. The van der Waals surface area contributed by atoms with E-state index in [-0.39, 0.29) is 12.1 Å². The van der Waals surface area contributed by atoms with Crippen LogP contribution >= 0.6 is 0 Å². The lowest BCUT2D eigenvalue weighted by atomic mass is 9.64. The van der Waals surface area contributed by atoms with Crippen molar-refractivity contribution in [3.63, 3.8) is 0 Å². The molecule has 1 saturated carbocycles. The predicted molar refractivity (Wildman–Crippen MR) is 65.3 cm³/mol. The molecule has 0 saturated heterocycles. The molecule has 0 aromatic carbocycles. The van der Waals surface area contributed by atoms with Crippen molar-refractivity contribution >= 4 is 5.69 Å². The van der Waals surface area contributed by atoms with Crippen LogP contribution in [0.4, 0.5) is 23.2 Å². The van der Waals surface area contributed by atoms with Crippen molar-refractivity contribution in [1.29, 1.82) is 0 Å². The van der Waals surface area contributed by atoms with Crippen LogP contribution < -0.4 is 5.32 Å². The molecule has 1 heterocycles. The molecule has 112 valence electrons. The van der Waals surface area contributed by atoms with E-state index in [0.29, 0.717) is 13.0 Å². The molecule has 0 radical (unpaired) electrons. The molecule has 1 aliphatic rings. The van der Waals surface area contributed by atoms with Gasteiger partial charge in [0.25, 0.3) is 11.9 Å². The second kappa shape index (κ2) is 5.20. The summed E-state index contributed by atoms with van der Waals surface area (Å²) in [6.45, 7) is 6.10. The Morgan fingerprint density at radius 2 is 1.75 bits per heavy atom. The fourth-order valence-electron chi connectivity index (χ4n) is 2.40. The highest BCUT2D eigenvalue weighted by Gasteiger charge is 2.49. The van der Waals surface area contributed by atoms with Crippen LogP contribution in [0, 0.1) is 28.9 Å². The third kappa shape index (κ3) is 2.34. The maximum atomic E-state index is 13.5. The van der Waals surface area contributed by atoms with E-state index in [1.807, 2.05) is 20.8 Å². The van der Waals surface area contributed by atoms with E-state index >= 15 is 0 Å². The van der Waals surface area contributed by atoms with Gasteiger partial charge in [-0.2, -0.15) is 22.5 Å². The van der Waals surface area contributed by atoms with Crippen LogP contribution in [0.25, 0.3) is 0 Å². The molecule has 1 aromatic heterocycles. The van der Waals surface area contributed by atoms with E-state index in [1.165, 1.54) is 0 Å². The van der Waals surface area contributed by atoms with Crippen LogP contribution in [0.3, 0.4) is 0 Å². The molecule has 1 aromatic rings. The molecule has 1 fully saturated rings. The van der Waals surface area contributed by atoms with Crippen molar-refractivity contribution in [2.75, 3.05) is 11.9 Å². The monoisotopic (exact) mass is 292 g/mol. The Morgan fingerprint density at radius 1 is 1.20 bits per heavy atom. The van der Waals surface area contributed by atoms with Gasteiger partial charge in [-0.15, -0.1) is 0 Å². The van der Waals surface area contributed by atoms with E-state index in [2.05, 4.69) is 10.3 Å². The Balaban J connectivity index is 2.21. The summed E-state index contributed by atoms with van der Waals surface area (Å²) in [4.78, 5) is 2.52. The van der Waals surface area contributed by atoms with Crippen molar-refractivity contribution in [3.8, 4) is 0 Å². The molecule has 1 aliphatic carbocycles. The summed E-state index contributed by atoms with van der Waals surface area (Å²) >= 11 is 0. The summed E-state index contributed by atoms with van der Waals surface area (Å²) in [5.74, 6) is -6.35. The molecule has 1 N–H and O–H groups in total. The Bertz CT molecular complexity index is 495. The van der Waals surface area contributed by atoms with Gasteiger partial charge in [0, 0.05) is 18.1 Å². The minimum Gasteiger partial charge on any atom is -0.378 e. The fraction of sp³-hybridized carbons (Fsp3) is 0.615. The molecule has 7 heteroatoms. The summed E-state index contributed by atoms with van der Waals surface area (Å²) < 4.78 is 58.6. The molecule has 2 rings (SSSR count). The minimum atomic E-state index is -1.66. The van der Waals surface area contributed by atoms with Crippen molar-refractivity contribution in [3.05, 3.63) is 23.5 Å². The minimum absolute atomic E-state index is 0.0624. The molecule has 0 aliphatic heterocycles. The van der Waals surface area contributed by atoms with Crippen LogP contribution in [-0.2, 0) is 4.74 Å². The summed E-state index contributed by atoms with van der Waals surface area (Å²) in [6.07, 6.45) is 0.443. The number of anilines is 1. The highest BCUT2D eigenvalue weighted by atomic mass is 19.2. The van der Waals surface area contributed by atoms with Gasteiger partial charge in [-0.25, -0.2) is 0 Å². The van der Waals surface area contributed by atoms with Gasteiger partial charge in [-0.3, -0.25) is 0 Å². The summed E-state index contributed by atoms with van der Waals surface area (Å²) in [6, 6.07) is -0.343. The summed E-state index contributed by atoms with van der Waals surface area (Å²) in [5.41, 5.74) is -1.21. The fourth-order valence-corrected chi connectivity index (χ4v) is 2.40. The number of halogens is 4. The molecule has 0 amide bonds. The van der Waals surface area contributed by atoms with Gasteiger partial charge in [-0.05, 0) is 13.3 Å². The van der Waals surface area contributed by atoms with E-state index in [9.17, 15) is 17.6 Å². The first kappa shape index (κ1) is 15.0. The third-order valence-electron chi connectivity index (χ3n) is 3.86. The number of nitrogens with one attached hydrogen (secondary N) is 1. The van der Waals surface area contributed by atoms with E-state index in [4.69, 9.17) is 4.74 Å². The van der Waals surface area contributed by atoms with Crippen molar-refractivity contribution < 1.29 is 22.3 Å². The lowest BCUT2D eigenvalue weighted by Gasteiger charge is -2.52. The van der Waals surface area contributed by atoms with Crippen LogP contribution in [0.2, 0.25) is 0 Å². The number of hydrogen-bond donors (Lipinski definition) is 1. The van der Waals surface area contributed by atoms with Gasteiger partial charge in [0.05, 0.1) is 6.10 Å². The van der Waals surface area contributed by atoms with Crippen molar-refractivity contribution in [2.45, 2.75) is 39.3 Å². The number of hydrogen-bond acceptors (Lipinski definition) is 3. The van der Waals surface area contributed by atoms with Crippen LogP contribution in [0.1, 0.15) is 27.2 Å². The molecular formula is C13H16F4N2O. The van der Waals surface area contributed by atoms with E-state index < -0.39 is 34.6 Å². The zero-order valence-corrected chi connectivity index (χ0v) is 11.4. The number of rotatable bonds is 4. The number of aromatic nitrogens is 1. The summed E-state index contributed by atoms with van der Waals surface area (Å²) in [5, 5.41) is 2.53. The topological polar surface area (TPSA) is 34.1 Å². The second-order valence-electron chi connectivity index (χ2n) is 5.39. The first-order valence-electron chi connectivity index (χ1n) is 6.37. The first-order chi connectivity index (χ1) is 9.28. The second-order valence-corrected chi connectivity index (χ2v) is 5.39. The predicted octanol–water partition coefficient (Wildman–Crippen LogP) is 3.25. The molecule has 2 atom stereocenters. The molecule has 0 bridgehead atoms. The zero-order chi connectivity index (χ0) is 15.1. The van der Waals surface area contributed by atoms with Crippen molar-refractivity contribution in [1.82, 2.24) is 4.98 Å². The van der Waals surface area contributed by atoms with Gasteiger partial charge in [-0.1, -0.05) is 13.8 Å². The highest BCUT2D eigenvalue weighted by molar-refractivity contribution is 5.47.